The molecule has 0 unspecified atom stereocenters. The topological polar surface area (TPSA) is 39.9 Å². The lowest BCUT2D eigenvalue weighted by molar-refractivity contribution is 0.356. The Bertz CT molecular complexity index is 894. The molecule has 0 N–H and O–H groups in total. The quantitative estimate of drug-likeness (QED) is 0.631. The lowest BCUT2D eigenvalue weighted by Gasteiger charge is -2.26. The van der Waals surface area contributed by atoms with Crippen LogP contribution in [0.4, 0.5) is 0 Å². The van der Waals surface area contributed by atoms with Crippen molar-refractivity contribution in [2.24, 2.45) is 0 Å². The fraction of sp³-hybridized carbons (Fsp3) is 0.364. The van der Waals surface area contributed by atoms with Crippen LogP contribution in [-0.4, -0.2) is 21.9 Å². The van der Waals surface area contributed by atoms with Crippen molar-refractivity contribution in [2.45, 2.75) is 45.1 Å². The highest BCUT2D eigenvalue weighted by atomic mass is 16.5. The van der Waals surface area contributed by atoms with Crippen LogP contribution in [0.5, 0.6) is 5.75 Å². The fourth-order valence-electron chi connectivity index (χ4n) is 4.00. The Morgan fingerprint density at radius 2 is 1.46 bits per heavy atom. The summed E-state index contributed by atoms with van der Waals surface area (Å²) in [5, 5.41) is 9.25. The second-order valence-corrected chi connectivity index (χ2v) is 7.02. The molecule has 0 amide bonds. The van der Waals surface area contributed by atoms with Gasteiger partial charge in [0.15, 0.2) is 11.6 Å². The molecule has 134 valence electrons. The Hall–Kier alpha value is -2.62. The Kier molecular flexibility index (Phi) is 4.74. The number of rotatable bonds is 4. The molecule has 4 heteroatoms. The third kappa shape index (κ3) is 3.00. The van der Waals surface area contributed by atoms with Crippen molar-refractivity contribution in [3.8, 4) is 28.5 Å². The van der Waals surface area contributed by atoms with Crippen LogP contribution in [0.15, 0.2) is 48.5 Å². The highest BCUT2D eigenvalue weighted by Gasteiger charge is 2.26. The molecule has 4 nitrogen and oxygen atoms in total. The summed E-state index contributed by atoms with van der Waals surface area (Å²) in [5.74, 6) is 2.72. The lowest BCUT2D eigenvalue weighted by atomic mass is 9.94. The van der Waals surface area contributed by atoms with E-state index in [0.29, 0.717) is 6.04 Å². The predicted octanol–water partition coefficient (Wildman–Crippen LogP) is 5.43. The van der Waals surface area contributed by atoms with Gasteiger partial charge in [0.1, 0.15) is 5.75 Å². The summed E-state index contributed by atoms with van der Waals surface area (Å²) in [4.78, 5) is 0. The molecule has 0 atom stereocenters. The van der Waals surface area contributed by atoms with Crippen LogP contribution in [0, 0.1) is 6.92 Å². The number of ether oxygens (including phenoxy) is 1. The smallest absolute Gasteiger partial charge is 0.168 e. The van der Waals surface area contributed by atoms with E-state index in [0.717, 1.165) is 28.5 Å². The van der Waals surface area contributed by atoms with E-state index in [1.165, 1.54) is 37.7 Å². The highest BCUT2D eigenvalue weighted by Crippen LogP contribution is 2.38. The summed E-state index contributed by atoms with van der Waals surface area (Å²) in [7, 11) is 1.71. The second-order valence-electron chi connectivity index (χ2n) is 7.02. The van der Waals surface area contributed by atoms with Crippen molar-refractivity contribution in [3.05, 3.63) is 54.1 Å². The van der Waals surface area contributed by atoms with Gasteiger partial charge in [-0.1, -0.05) is 55.7 Å². The van der Waals surface area contributed by atoms with Crippen LogP contribution in [0.2, 0.25) is 0 Å². The van der Waals surface area contributed by atoms with Gasteiger partial charge in [-0.3, -0.25) is 0 Å². The maximum absolute atomic E-state index is 5.60. The molecule has 0 aliphatic heterocycles. The van der Waals surface area contributed by atoms with Gasteiger partial charge in [-0.15, -0.1) is 10.2 Å². The van der Waals surface area contributed by atoms with Gasteiger partial charge in [0.2, 0.25) is 0 Å². The molecule has 0 radical (unpaired) electrons. The van der Waals surface area contributed by atoms with Crippen LogP contribution in [0.1, 0.15) is 43.7 Å². The van der Waals surface area contributed by atoms with Crippen molar-refractivity contribution in [1.29, 1.82) is 0 Å². The first-order valence-electron chi connectivity index (χ1n) is 9.44. The average molecular weight is 347 g/mol. The second kappa shape index (κ2) is 7.32. The summed E-state index contributed by atoms with van der Waals surface area (Å²) in [6.07, 6.45) is 6.21. The van der Waals surface area contributed by atoms with E-state index in [-0.39, 0.29) is 0 Å². The lowest BCUT2D eigenvalue weighted by Crippen LogP contribution is -2.15. The first-order valence-corrected chi connectivity index (χ1v) is 9.44. The molecule has 1 aromatic heterocycles. The van der Waals surface area contributed by atoms with Crippen LogP contribution in [0.3, 0.4) is 0 Å². The normalized spacial score (nSPS) is 15.2. The molecule has 0 bridgehead atoms. The molecular formula is C22H25N3O. The van der Waals surface area contributed by atoms with Gasteiger partial charge < -0.3 is 9.30 Å². The summed E-state index contributed by atoms with van der Waals surface area (Å²) in [5.41, 5.74) is 3.39. The van der Waals surface area contributed by atoms with E-state index in [1.807, 2.05) is 18.2 Å². The van der Waals surface area contributed by atoms with E-state index in [9.17, 15) is 0 Å². The van der Waals surface area contributed by atoms with Gasteiger partial charge in [-0.2, -0.15) is 0 Å². The van der Waals surface area contributed by atoms with Crippen LogP contribution < -0.4 is 4.74 Å². The average Bonchev–Trinajstić information content (AvgIpc) is 3.13. The summed E-state index contributed by atoms with van der Waals surface area (Å²) in [6, 6.07) is 17.0. The number of aromatic nitrogens is 3. The molecule has 0 saturated heterocycles. The largest absolute Gasteiger partial charge is 0.496 e. The number of hydrogen-bond donors (Lipinski definition) is 0. The van der Waals surface area contributed by atoms with E-state index in [4.69, 9.17) is 4.74 Å². The Morgan fingerprint density at radius 3 is 2.15 bits per heavy atom. The molecule has 1 saturated carbocycles. The predicted molar refractivity (Wildman–Crippen MR) is 104 cm³/mol. The zero-order valence-corrected chi connectivity index (χ0v) is 15.5. The third-order valence-electron chi connectivity index (χ3n) is 5.37. The van der Waals surface area contributed by atoms with Crippen molar-refractivity contribution in [1.82, 2.24) is 14.8 Å². The minimum atomic E-state index is 0.438. The number of para-hydroxylation sites is 1. The van der Waals surface area contributed by atoms with Crippen molar-refractivity contribution < 1.29 is 4.74 Å². The molecule has 1 fully saturated rings. The molecule has 0 spiro atoms. The van der Waals surface area contributed by atoms with Crippen LogP contribution in [0.25, 0.3) is 22.8 Å². The fourth-order valence-corrected chi connectivity index (χ4v) is 4.00. The summed E-state index contributed by atoms with van der Waals surface area (Å²) >= 11 is 0. The van der Waals surface area contributed by atoms with Crippen molar-refractivity contribution in [3.63, 3.8) is 0 Å². The van der Waals surface area contributed by atoms with E-state index >= 15 is 0 Å². The molecule has 2 aromatic carbocycles. The van der Waals surface area contributed by atoms with Crippen LogP contribution in [-0.2, 0) is 0 Å². The number of methoxy groups -OCH3 is 1. The first kappa shape index (κ1) is 16.8. The molecule has 4 rings (SSSR count). The maximum atomic E-state index is 5.60. The Morgan fingerprint density at radius 1 is 0.846 bits per heavy atom. The van der Waals surface area contributed by atoms with Gasteiger partial charge in [0.05, 0.1) is 12.7 Å². The minimum absolute atomic E-state index is 0.438. The molecule has 1 aliphatic carbocycles. The third-order valence-corrected chi connectivity index (χ3v) is 5.37. The number of hydrogen-bond acceptors (Lipinski definition) is 3. The molecule has 26 heavy (non-hydrogen) atoms. The zero-order valence-electron chi connectivity index (χ0n) is 15.5. The Balaban J connectivity index is 1.91. The van der Waals surface area contributed by atoms with Gasteiger partial charge >= 0.3 is 0 Å². The van der Waals surface area contributed by atoms with Crippen molar-refractivity contribution >= 4 is 0 Å². The van der Waals surface area contributed by atoms with Gasteiger partial charge in [-0.25, -0.2) is 0 Å². The van der Waals surface area contributed by atoms with Gasteiger partial charge in [-0.05, 0) is 37.5 Å². The number of aryl methyl sites for hydroxylation is 1. The number of benzene rings is 2. The van der Waals surface area contributed by atoms with E-state index in [2.05, 4.69) is 52.0 Å². The SMILES string of the molecule is COc1ccccc1-c1nnc(-c2ccccc2C)n1C1CCCCC1. The first-order chi connectivity index (χ1) is 12.8. The maximum Gasteiger partial charge on any atom is 0.168 e. The zero-order chi connectivity index (χ0) is 17.9. The minimum Gasteiger partial charge on any atom is -0.496 e. The molecule has 1 heterocycles. The molecule has 1 aliphatic rings. The van der Waals surface area contributed by atoms with Crippen LogP contribution >= 0.6 is 0 Å². The van der Waals surface area contributed by atoms with E-state index < -0.39 is 0 Å². The monoisotopic (exact) mass is 347 g/mol. The standard InChI is InChI=1S/C22H25N3O/c1-16-10-6-7-13-18(16)21-23-24-22(19-14-8-9-15-20(19)26-2)25(21)17-11-4-3-5-12-17/h6-10,13-15,17H,3-5,11-12H2,1-2H3. The van der Waals surface area contributed by atoms with Gasteiger partial charge in [0.25, 0.3) is 0 Å². The Labute approximate surface area is 154 Å². The highest BCUT2D eigenvalue weighted by molar-refractivity contribution is 5.69. The molecular weight excluding hydrogens is 322 g/mol. The van der Waals surface area contributed by atoms with E-state index in [1.54, 1.807) is 7.11 Å². The van der Waals surface area contributed by atoms with Crippen molar-refractivity contribution in [2.75, 3.05) is 7.11 Å². The molecule has 3 aromatic rings. The summed E-state index contributed by atoms with van der Waals surface area (Å²) in [6.45, 7) is 2.14. The van der Waals surface area contributed by atoms with Gasteiger partial charge in [0, 0.05) is 11.6 Å². The summed E-state index contributed by atoms with van der Waals surface area (Å²) < 4.78 is 7.96. The number of nitrogens with zero attached hydrogens (tertiary/aromatic N) is 3.